The number of anilines is 2. The highest BCUT2D eigenvalue weighted by molar-refractivity contribution is 5.73. The van der Waals surface area contributed by atoms with Gasteiger partial charge in [0.05, 0.1) is 6.54 Å². The van der Waals surface area contributed by atoms with Gasteiger partial charge >= 0.3 is 0 Å². The average Bonchev–Trinajstić information content (AvgIpc) is 2.88. The fourth-order valence-corrected chi connectivity index (χ4v) is 3.35. The molecule has 0 aliphatic carbocycles. The lowest BCUT2D eigenvalue weighted by molar-refractivity contribution is 0.710. The number of nitrogens with one attached hydrogen (secondary N) is 1. The van der Waals surface area contributed by atoms with E-state index in [1.54, 1.807) is 0 Å². The molecular weight excluding hydrogens is 284 g/mol. The second kappa shape index (κ2) is 5.47. The first-order valence-electron chi connectivity index (χ1n) is 7.97. The van der Waals surface area contributed by atoms with Gasteiger partial charge in [0.15, 0.2) is 11.6 Å². The molecule has 23 heavy (non-hydrogen) atoms. The van der Waals surface area contributed by atoms with Crippen LogP contribution in [0.2, 0.25) is 0 Å². The zero-order valence-electron chi connectivity index (χ0n) is 13.4. The van der Waals surface area contributed by atoms with Crippen LogP contribution in [-0.4, -0.2) is 18.9 Å². The van der Waals surface area contributed by atoms with Crippen LogP contribution in [0.5, 0.6) is 0 Å². The Morgan fingerprint density at radius 3 is 2.52 bits per heavy atom. The summed E-state index contributed by atoms with van der Waals surface area (Å²) in [5, 5.41) is 3.49. The van der Waals surface area contributed by atoms with Crippen LogP contribution in [0.3, 0.4) is 0 Å². The lowest BCUT2D eigenvalue weighted by atomic mass is 10.2. The molecule has 0 fully saturated rings. The number of hydrogen-bond donors (Lipinski definition) is 1. The summed E-state index contributed by atoms with van der Waals surface area (Å²) in [7, 11) is 0. The smallest absolute Gasteiger partial charge is 0.175 e. The van der Waals surface area contributed by atoms with E-state index in [9.17, 15) is 0 Å². The van der Waals surface area contributed by atoms with E-state index in [1.807, 2.05) is 12.3 Å². The molecule has 2 heterocycles. The van der Waals surface area contributed by atoms with Crippen LogP contribution in [-0.2, 0) is 0 Å². The minimum atomic E-state index is 0.159. The van der Waals surface area contributed by atoms with Crippen LogP contribution in [0.15, 0.2) is 71.2 Å². The van der Waals surface area contributed by atoms with Gasteiger partial charge in [-0.05, 0) is 37.6 Å². The van der Waals surface area contributed by atoms with E-state index in [0.717, 1.165) is 18.2 Å². The summed E-state index contributed by atoms with van der Waals surface area (Å²) >= 11 is 0. The fraction of sp³-hybridized carbons (Fsp3) is 0.211. The molecule has 0 spiro atoms. The minimum Gasteiger partial charge on any atom is -0.363 e. The SMILES string of the molecule is Cc1ccccc1N1C2=C(NCC=N2)N(c2ccccc2)[C@@H]1C. The molecule has 116 valence electrons. The van der Waals surface area contributed by atoms with Crippen molar-refractivity contribution in [3.05, 3.63) is 71.8 Å². The van der Waals surface area contributed by atoms with Gasteiger partial charge in [-0.1, -0.05) is 36.4 Å². The molecule has 4 rings (SSSR count). The summed E-state index contributed by atoms with van der Waals surface area (Å²) in [5.41, 5.74) is 3.63. The van der Waals surface area contributed by atoms with Gasteiger partial charge < -0.3 is 15.1 Å². The molecule has 2 aliphatic rings. The standard InChI is InChI=1S/C19H20N4/c1-14-8-6-7-11-17(14)23-15(2)22(16-9-4-3-5-10-16)18-19(23)21-13-12-20-18/h3-11,13,15,20H,12H2,1-2H3/t15-/m0/s1. The van der Waals surface area contributed by atoms with Crippen molar-refractivity contribution in [1.29, 1.82) is 0 Å². The Balaban J connectivity index is 1.85. The maximum absolute atomic E-state index is 4.69. The maximum Gasteiger partial charge on any atom is 0.175 e. The highest BCUT2D eigenvalue weighted by atomic mass is 15.5. The van der Waals surface area contributed by atoms with Gasteiger partial charge in [-0.25, -0.2) is 4.99 Å². The highest BCUT2D eigenvalue weighted by Gasteiger charge is 2.38. The minimum absolute atomic E-state index is 0.159. The van der Waals surface area contributed by atoms with Crippen molar-refractivity contribution in [3.8, 4) is 0 Å². The molecule has 0 bridgehead atoms. The number of nitrogens with zero attached hydrogens (tertiary/aromatic N) is 3. The van der Waals surface area contributed by atoms with E-state index in [0.29, 0.717) is 0 Å². The molecule has 0 unspecified atom stereocenters. The summed E-state index contributed by atoms with van der Waals surface area (Å²) in [6.45, 7) is 5.12. The fourth-order valence-electron chi connectivity index (χ4n) is 3.35. The monoisotopic (exact) mass is 304 g/mol. The van der Waals surface area contributed by atoms with Crippen molar-refractivity contribution < 1.29 is 0 Å². The number of aryl methyl sites for hydroxylation is 1. The van der Waals surface area contributed by atoms with E-state index >= 15 is 0 Å². The van der Waals surface area contributed by atoms with Crippen molar-refractivity contribution in [3.63, 3.8) is 0 Å². The van der Waals surface area contributed by atoms with Crippen LogP contribution in [0.4, 0.5) is 11.4 Å². The van der Waals surface area contributed by atoms with Crippen molar-refractivity contribution >= 4 is 17.6 Å². The van der Waals surface area contributed by atoms with Crippen LogP contribution in [0.1, 0.15) is 12.5 Å². The molecule has 0 aromatic heterocycles. The summed E-state index contributed by atoms with van der Waals surface area (Å²) in [6, 6.07) is 18.9. The topological polar surface area (TPSA) is 30.9 Å². The molecule has 4 nitrogen and oxygen atoms in total. The van der Waals surface area contributed by atoms with Crippen LogP contribution >= 0.6 is 0 Å². The first-order valence-corrected chi connectivity index (χ1v) is 7.97. The predicted octanol–water partition coefficient (Wildman–Crippen LogP) is 3.47. The zero-order valence-corrected chi connectivity index (χ0v) is 13.4. The van der Waals surface area contributed by atoms with E-state index in [2.05, 4.69) is 77.5 Å². The molecule has 2 aromatic carbocycles. The van der Waals surface area contributed by atoms with Crippen molar-refractivity contribution in [1.82, 2.24) is 5.32 Å². The van der Waals surface area contributed by atoms with Crippen LogP contribution < -0.4 is 15.1 Å². The number of para-hydroxylation sites is 2. The second-order valence-corrected chi connectivity index (χ2v) is 5.86. The molecule has 0 radical (unpaired) electrons. The Morgan fingerprint density at radius 2 is 1.74 bits per heavy atom. The van der Waals surface area contributed by atoms with Gasteiger partial charge in [-0.2, -0.15) is 0 Å². The number of rotatable bonds is 2. The Bertz CT molecular complexity index is 779. The third-order valence-corrected chi connectivity index (χ3v) is 4.41. The molecule has 0 saturated heterocycles. The zero-order chi connectivity index (χ0) is 15.8. The van der Waals surface area contributed by atoms with E-state index in [-0.39, 0.29) is 6.17 Å². The van der Waals surface area contributed by atoms with E-state index < -0.39 is 0 Å². The molecule has 2 aliphatic heterocycles. The van der Waals surface area contributed by atoms with E-state index in [1.165, 1.54) is 16.9 Å². The van der Waals surface area contributed by atoms with Crippen LogP contribution in [0.25, 0.3) is 0 Å². The lowest BCUT2D eigenvalue weighted by Crippen LogP contribution is -2.40. The third kappa shape index (κ3) is 2.18. The van der Waals surface area contributed by atoms with Crippen molar-refractivity contribution in [2.24, 2.45) is 4.99 Å². The van der Waals surface area contributed by atoms with Gasteiger partial charge in [0, 0.05) is 17.6 Å². The Hall–Kier alpha value is -2.75. The molecule has 4 heteroatoms. The normalized spacial score (nSPS) is 19.8. The Labute approximate surface area is 136 Å². The molecule has 0 saturated carbocycles. The lowest BCUT2D eigenvalue weighted by Gasteiger charge is -2.31. The molecule has 1 atom stereocenters. The van der Waals surface area contributed by atoms with Crippen molar-refractivity contribution in [2.75, 3.05) is 16.3 Å². The molecule has 0 amide bonds. The van der Waals surface area contributed by atoms with Gasteiger partial charge in [0.25, 0.3) is 0 Å². The summed E-state index contributed by atoms with van der Waals surface area (Å²) in [4.78, 5) is 9.32. The number of aliphatic imine (C=N–C) groups is 1. The first kappa shape index (κ1) is 13.9. The van der Waals surface area contributed by atoms with Gasteiger partial charge in [0.2, 0.25) is 0 Å². The quantitative estimate of drug-likeness (QED) is 0.921. The van der Waals surface area contributed by atoms with Crippen LogP contribution in [0, 0.1) is 6.92 Å². The average molecular weight is 304 g/mol. The number of benzene rings is 2. The summed E-state index contributed by atoms with van der Waals surface area (Å²) in [5.74, 6) is 2.07. The van der Waals surface area contributed by atoms with E-state index in [4.69, 9.17) is 4.99 Å². The first-order chi connectivity index (χ1) is 11.3. The van der Waals surface area contributed by atoms with Crippen molar-refractivity contribution in [2.45, 2.75) is 20.0 Å². The Morgan fingerprint density at radius 1 is 1.00 bits per heavy atom. The molecule has 1 N–H and O–H groups in total. The molecule has 2 aromatic rings. The highest BCUT2D eigenvalue weighted by Crippen LogP contribution is 2.38. The van der Waals surface area contributed by atoms with Gasteiger partial charge in [0.1, 0.15) is 6.17 Å². The summed E-state index contributed by atoms with van der Waals surface area (Å²) in [6.07, 6.45) is 2.09. The third-order valence-electron chi connectivity index (χ3n) is 4.41. The Kier molecular flexibility index (Phi) is 3.30. The maximum atomic E-state index is 4.69. The second-order valence-electron chi connectivity index (χ2n) is 5.86. The summed E-state index contributed by atoms with van der Waals surface area (Å²) < 4.78 is 0. The number of hydrogen-bond acceptors (Lipinski definition) is 4. The molecular formula is C19H20N4. The van der Waals surface area contributed by atoms with Gasteiger partial charge in [-0.15, -0.1) is 0 Å². The largest absolute Gasteiger partial charge is 0.363 e. The predicted molar refractivity (Wildman–Crippen MR) is 95.6 cm³/mol. The van der Waals surface area contributed by atoms with Gasteiger partial charge in [-0.3, -0.25) is 0 Å².